The first kappa shape index (κ1) is 14.2. The van der Waals surface area contributed by atoms with Crippen molar-refractivity contribution in [2.45, 2.75) is 20.3 Å². The van der Waals surface area contributed by atoms with E-state index in [0.29, 0.717) is 19.6 Å². The normalized spacial score (nSPS) is 29.8. The molecule has 15 heavy (non-hydrogen) atoms. The lowest BCUT2D eigenvalue weighted by Crippen LogP contribution is -2.49. The molecule has 0 aromatic carbocycles. The van der Waals surface area contributed by atoms with Crippen molar-refractivity contribution in [1.29, 1.82) is 5.26 Å². The summed E-state index contributed by atoms with van der Waals surface area (Å²) in [5, 5.41) is 12.1. The number of halogens is 1. The summed E-state index contributed by atoms with van der Waals surface area (Å²) in [4.78, 5) is 11.7. The van der Waals surface area contributed by atoms with E-state index < -0.39 is 5.41 Å². The summed E-state index contributed by atoms with van der Waals surface area (Å²) in [6, 6.07) is 2.19. The maximum absolute atomic E-state index is 11.7. The third kappa shape index (κ3) is 2.83. The van der Waals surface area contributed by atoms with Crippen LogP contribution in [0.25, 0.3) is 0 Å². The van der Waals surface area contributed by atoms with Crippen molar-refractivity contribution in [2.24, 2.45) is 11.3 Å². The van der Waals surface area contributed by atoms with Crippen molar-refractivity contribution in [1.82, 2.24) is 5.32 Å². The average Bonchev–Trinajstić information content (AvgIpc) is 2.19. The number of nitrogens with one attached hydrogen (secondary N) is 1. The van der Waals surface area contributed by atoms with E-state index in [2.05, 4.69) is 11.4 Å². The third-order valence-corrected chi connectivity index (χ3v) is 2.77. The Balaban J connectivity index is 0.00000196. The highest BCUT2D eigenvalue weighted by atomic mass is 35.5. The molecule has 0 aromatic rings. The number of ether oxygens (including phenoxy) is 1. The van der Waals surface area contributed by atoms with Crippen molar-refractivity contribution in [3.05, 3.63) is 0 Å². The minimum Gasteiger partial charge on any atom is -0.465 e. The van der Waals surface area contributed by atoms with Crippen LogP contribution in [0.4, 0.5) is 0 Å². The zero-order valence-corrected chi connectivity index (χ0v) is 9.89. The second-order valence-corrected chi connectivity index (χ2v) is 3.79. The zero-order chi connectivity index (χ0) is 10.6. The van der Waals surface area contributed by atoms with Crippen LogP contribution < -0.4 is 5.32 Å². The molecule has 2 unspecified atom stereocenters. The molecule has 4 nitrogen and oxygen atoms in total. The summed E-state index contributed by atoms with van der Waals surface area (Å²) in [5.41, 5.74) is -0.678. The molecule has 1 N–H and O–H groups in total. The topological polar surface area (TPSA) is 62.1 Å². The average molecular weight is 233 g/mol. The zero-order valence-electron chi connectivity index (χ0n) is 9.08. The van der Waals surface area contributed by atoms with E-state index in [1.807, 2.05) is 0 Å². The number of carbonyl (C=O) groups is 1. The van der Waals surface area contributed by atoms with Gasteiger partial charge in [0, 0.05) is 6.54 Å². The van der Waals surface area contributed by atoms with E-state index in [1.54, 1.807) is 13.8 Å². The van der Waals surface area contributed by atoms with E-state index in [0.717, 1.165) is 6.54 Å². The molecule has 5 heteroatoms. The number of carbonyl (C=O) groups excluding carboxylic acids is 1. The van der Waals surface area contributed by atoms with Gasteiger partial charge in [-0.15, -0.1) is 12.4 Å². The Hall–Kier alpha value is -0.790. The van der Waals surface area contributed by atoms with E-state index >= 15 is 0 Å². The standard InChI is InChI=1S/C10H16N2O2.ClH/c1-3-14-9(13)10(2)7-12-5-4-8(10)6-11;/h8,12H,3-5,7H2,1-2H3;1H. The molecule has 0 saturated carbocycles. The van der Waals surface area contributed by atoms with Gasteiger partial charge >= 0.3 is 5.97 Å². The minimum atomic E-state index is -0.678. The highest BCUT2D eigenvalue weighted by Gasteiger charge is 2.44. The molecule has 1 heterocycles. The molecule has 86 valence electrons. The van der Waals surface area contributed by atoms with Crippen molar-refractivity contribution >= 4 is 18.4 Å². The van der Waals surface area contributed by atoms with Crippen LogP contribution in [0.1, 0.15) is 20.3 Å². The second-order valence-electron chi connectivity index (χ2n) is 3.79. The van der Waals surface area contributed by atoms with Crippen LogP contribution in [-0.2, 0) is 9.53 Å². The fourth-order valence-corrected chi connectivity index (χ4v) is 1.75. The summed E-state index contributed by atoms with van der Waals surface area (Å²) in [6.07, 6.45) is 0.714. The number of esters is 1. The lowest BCUT2D eigenvalue weighted by atomic mass is 9.74. The van der Waals surface area contributed by atoms with E-state index in [-0.39, 0.29) is 24.3 Å². The number of piperidine rings is 1. The van der Waals surface area contributed by atoms with Gasteiger partial charge in [-0.25, -0.2) is 0 Å². The van der Waals surface area contributed by atoms with Gasteiger partial charge in [-0.3, -0.25) is 4.79 Å². The van der Waals surface area contributed by atoms with Gasteiger partial charge in [-0.05, 0) is 26.8 Å². The molecule has 0 aromatic heterocycles. The van der Waals surface area contributed by atoms with Crippen LogP contribution in [-0.4, -0.2) is 25.7 Å². The fourth-order valence-electron chi connectivity index (χ4n) is 1.75. The molecule has 0 aliphatic carbocycles. The molecule has 1 saturated heterocycles. The highest BCUT2D eigenvalue weighted by Crippen LogP contribution is 2.32. The van der Waals surface area contributed by atoms with E-state index in [1.165, 1.54) is 0 Å². The Morgan fingerprint density at radius 3 is 2.93 bits per heavy atom. The maximum atomic E-state index is 11.7. The minimum absolute atomic E-state index is 0. The molecule has 0 spiro atoms. The number of rotatable bonds is 2. The molecule has 1 rings (SSSR count). The van der Waals surface area contributed by atoms with Gasteiger partial charge in [-0.1, -0.05) is 0 Å². The van der Waals surface area contributed by atoms with Gasteiger partial charge in [0.05, 0.1) is 24.0 Å². The molecule has 2 atom stereocenters. The second kappa shape index (κ2) is 5.94. The summed E-state index contributed by atoms with van der Waals surface area (Å²) in [7, 11) is 0. The fraction of sp³-hybridized carbons (Fsp3) is 0.800. The van der Waals surface area contributed by atoms with Gasteiger partial charge < -0.3 is 10.1 Å². The predicted octanol–water partition coefficient (Wildman–Crippen LogP) is 1.11. The number of nitriles is 1. The van der Waals surface area contributed by atoms with Gasteiger partial charge in [0.15, 0.2) is 0 Å². The quantitative estimate of drug-likeness (QED) is 0.725. The van der Waals surface area contributed by atoms with Gasteiger partial charge in [0.2, 0.25) is 0 Å². The SMILES string of the molecule is CCOC(=O)C1(C)CNCCC1C#N.Cl. The first-order chi connectivity index (χ1) is 6.65. The Kier molecular flexibility index (Phi) is 5.63. The smallest absolute Gasteiger partial charge is 0.314 e. The Morgan fingerprint density at radius 2 is 2.40 bits per heavy atom. The number of hydrogen-bond acceptors (Lipinski definition) is 4. The molecule has 1 aliphatic heterocycles. The van der Waals surface area contributed by atoms with Crippen molar-refractivity contribution in [2.75, 3.05) is 19.7 Å². The van der Waals surface area contributed by atoms with Gasteiger partial charge in [0.25, 0.3) is 0 Å². The van der Waals surface area contributed by atoms with Crippen LogP contribution >= 0.6 is 12.4 Å². The number of hydrogen-bond donors (Lipinski definition) is 1. The molecular formula is C10H17ClN2O2. The Morgan fingerprint density at radius 1 is 1.73 bits per heavy atom. The summed E-state index contributed by atoms with van der Waals surface area (Å²) >= 11 is 0. The van der Waals surface area contributed by atoms with Crippen molar-refractivity contribution in [3.8, 4) is 6.07 Å². The monoisotopic (exact) mass is 232 g/mol. The first-order valence-corrected chi connectivity index (χ1v) is 4.92. The largest absolute Gasteiger partial charge is 0.465 e. The first-order valence-electron chi connectivity index (χ1n) is 4.92. The predicted molar refractivity (Wildman–Crippen MR) is 58.6 cm³/mol. The van der Waals surface area contributed by atoms with Gasteiger partial charge in [-0.2, -0.15) is 5.26 Å². The lowest BCUT2D eigenvalue weighted by molar-refractivity contribution is -0.157. The lowest BCUT2D eigenvalue weighted by Gasteiger charge is -2.35. The summed E-state index contributed by atoms with van der Waals surface area (Å²) in [5.74, 6) is -0.499. The van der Waals surface area contributed by atoms with Crippen LogP contribution in [0.15, 0.2) is 0 Å². The van der Waals surface area contributed by atoms with E-state index in [9.17, 15) is 4.79 Å². The Labute approximate surface area is 96.4 Å². The van der Waals surface area contributed by atoms with E-state index in [4.69, 9.17) is 10.00 Å². The molecule has 0 amide bonds. The van der Waals surface area contributed by atoms with Crippen molar-refractivity contribution < 1.29 is 9.53 Å². The van der Waals surface area contributed by atoms with Crippen LogP contribution in [0.5, 0.6) is 0 Å². The number of nitrogens with zero attached hydrogens (tertiary/aromatic N) is 1. The summed E-state index contributed by atoms with van der Waals surface area (Å²) < 4.78 is 4.99. The molecule has 1 fully saturated rings. The van der Waals surface area contributed by atoms with Gasteiger partial charge in [0.1, 0.15) is 0 Å². The highest BCUT2D eigenvalue weighted by molar-refractivity contribution is 5.85. The van der Waals surface area contributed by atoms with Crippen LogP contribution in [0.3, 0.4) is 0 Å². The maximum Gasteiger partial charge on any atom is 0.314 e. The Bertz CT molecular complexity index is 265. The molecule has 0 bridgehead atoms. The third-order valence-electron chi connectivity index (χ3n) is 2.77. The van der Waals surface area contributed by atoms with Crippen molar-refractivity contribution in [3.63, 3.8) is 0 Å². The molecule has 0 radical (unpaired) electrons. The molecular weight excluding hydrogens is 216 g/mol. The van der Waals surface area contributed by atoms with Crippen LogP contribution in [0.2, 0.25) is 0 Å². The molecule has 1 aliphatic rings. The summed E-state index contributed by atoms with van der Waals surface area (Å²) in [6.45, 7) is 5.27. The van der Waals surface area contributed by atoms with Crippen LogP contribution in [0, 0.1) is 22.7 Å².